The Morgan fingerprint density at radius 1 is 1.31 bits per heavy atom. The number of benzene rings is 1. The van der Waals surface area contributed by atoms with Crippen LogP contribution in [0.5, 0.6) is 0 Å². The molecule has 2 rings (SSSR count). The number of para-hydroxylation sites is 1. The lowest BCUT2D eigenvalue weighted by atomic mass is 10.1. The number of nitrogens with one attached hydrogen (secondary N) is 3. The van der Waals surface area contributed by atoms with E-state index in [1.54, 1.807) is 0 Å². The fourth-order valence-electron chi connectivity index (χ4n) is 2.04. The highest BCUT2D eigenvalue weighted by Gasteiger charge is 2.08. The van der Waals surface area contributed by atoms with Crippen LogP contribution in [0.15, 0.2) is 30.5 Å². The number of aromatic amines is 1. The van der Waals surface area contributed by atoms with Gasteiger partial charge < -0.3 is 15.6 Å². The lowest BCUT2D eigenvalue weighted by Crippen LogP contribution is -2.41. The number of H-pyrrole nitrogens is 1. The normalized spacial score (nSPS) is 13.1. The van der Waals surface area contributed by atoms with Crippen LogP contribution in [-0.4, -0.2) is 24.7 Å². The monoisotopic (exact) mass is 217 g/mol. The molecule has 1 atom stereocenters. The van der Waals surface area contributed by atoms with Gasteiger partial charge >= 0.3 is 0 Å². The fraction of sp³-hybridized carbons (Fsp3) is 0.385. The molecule has 1 aromatic heterocycles. The quantitative estimate of drug-likeness (QED) is 0.669. The standard InChI is InChI=1S/C13H19N3/c1-3-15-13(14-2)8-10-9-16-12-7-5-4-6-11(10)12/h4-7,9,13-16H,3,8H2,1-2H3. The van der Waals surface area contributed by atoms with E-state index < -0.39 is 0 Å². The summed E-state index contributed by atoms with van der Waals surface area (Å²) in [7, 11) is 1.99. The van der Waals surface area contributed by atoms with Gasteiger partial charge in [-0.05, 0) is 25.2 Å². The van der Waals surface area contributed by atoms with Gasteiger partial charge in [-0.25, -0.2) is 0 Å². The SMILES string of the molecule is CCNC(Cc1c[nH]c2ccccc12)NC. The van der Waals surface area contributed by atoms with E-state index in [1.165, 1.54) is 16.5 Å². The smallest absolute Gasteiger partial charge is 0.0611 e. The second-order valence-corrected chi connectivity index (χ2v) is 3.96. The minimum absolute atomic E-state index is 0.337. The van der Waals surface area contributed by atoms with Crippen molar-refractivity contribution in [3.63, 3.8) is 0 Å². The number of fused-ring (bicyclic) bond motifs is 1. The first-order valence-corrected chi connectivity index (χ1v) is 5.80. The molecule has 2 aromatic rings. The molecule has 0 spiro atoms. The molecular weight excluding hydrogens is 198 g/mol. The van der Waals surface area contributed by atoms with E-state index in [1.807, 2.05) is 7.05 Å². The van der Waals surface area contributed by atoms with Crippen molar-refractivity contribution in [2.45, 2.75) is 19.5 Å². The Morgan fingerprint density at radius 3 is 2.88 bits per heavy atom. The first-order chi connectivity index (χ1) is 7.85. The number of hydrogen-bond acceptors (Lipinski definition) is 2. The van der Waals surface area contributed by atoms with Crippen molar-refractivity contribution in [2.24, 2.45) is 0 Å². The molecule has 86 valence electrons. The van der Waals surface area contributed by atoms with Crippen molar-refractivity contribution in [2.75, 3.05) is 13.6 Å². The average molecular weight is 217 g/mol. The molecule has 0 aliphatic rings. The van der Waals surface area contributed by atoms with E-state index in [4.69, 9.17) is 0 Å². The Bertz CT molecular complexity index is 447. The first-order valence-electron chi connectivity index (χ1n) is 5.80. The van der Waals surface area contributed by atoms with Gasteiger partial charge in [0.15, 0.2) is 0 Å². The number of rotatable bonds is 5. The molecule has 0 aliphatic heterocycles. The molecular formula is C13H19N3. The van der Waals surface area contributed by atoms with Crippen LogP contribution in [0.3, 0.4) is 0 Å². The largest absolute Gasteiger partial charge is 0.361 e. The minimum Gasteiger partial charge on any atom is -0.361 e. The van der Waals surface area contributed by atoms with E-state index in [-0.39, 0.29) is 0 Å². The van der Waals surface area contributed by atoms with E-state index in [0.29, 0.717) is 6.17 Å². The van der Waals surface area contributed by atoms with Crippen LogP contribution in [0, 0.1) is 0 Å². The van der Waals surface area contributed by atoms with Crippen LogP contribution < -0.4 is 10.6 Å². The summed E-state index contributed by atoms with van der Waals surface area (Å²) >= 11 is 0. The molecule has 0 aliphatic carbocycles. The van der Waals surface area contributed by atoms with Crippen LogP contribution in [0.2, 0.25) is 0 Å². The predicted octanol–water partition coefficient (Wildman–Crippen LogP) is 1.87. The Balaban J connectivity index is 2.20. The predicted molar refractivity (Wildman–Crippen MR) is 68.5 cm³/mol. The maximum absolute atomic E-state index is 3.41. The van der Waals surface area contributed by atoms with E-state index in [9.17, 15) is 0 Å². The molecule has 0 saturated heterocycles. The van der Waals surface area contributed by atoms with Crippen LogP contribution in [0.4, 0.5) is 0 Å². The second-order valence-electron chi connectivity index (χ2n) is 3.96. The molecule has 0 fully saturated rings. The molecule has 0 bridgehead atoms. The van der Waals surface area contributed by atoms with Gasteiger partial charge in [-0.2, -0.15) is 0 Å². The van der Waals surface area contributed by atoms with Gasteiger partial charge in [0.25, 0.3) is 0 Å². The topological polar surface area (TPSA) is 39.9 Å². The third kappa shape index (κ3) is 2.26. The van der Waals surface area contributed by atoms with Crippen LogP contribution in [0.1, 0.15) is 12.5 Å². The Kier molecular flexibility index (Phi) is 3.59. The van der Waals surface area contributed by atoms with Gasteiger partial charge in [0.2, 0.25) is 0 Å². The van der Waals surface area contributed by atoms with E-state index in [2.05, 4.69) is 53.0 Å². The highest BCUT2D eigenvalue weighted by Crippen LogP contribution is 2.18. The van der Waals surface area contributed by atoms with Gasteiger partial charge in [-0.1, -0.05) is 25.1 Å². The summed E-state index contributed by atoms with van der Waals surface area (Å²) in [5.74, 6) is 0. The molecule has 3 N–H and O–H groups in total. The van der Waals surface area contributed by atoms with E-state index in [0.717, 1.165) is 13.0 Å². The fourth-order valence-corrected chi connectivity index (χ4v) is 2.04. The summed E-state index contributed by atoms with van der Waals surface area (Å²) in [6.07, 6.45) is 3.44. The molecule has 0 radical (unpaired) electrons. The summed E-state index contributed by atoms with van der Waals surface area (Å²) in [6.45, 7) is 3.10. The van der Waals surface area contributed by atoms with Gasteiger partial charge in [0.05, 0.1) is 6.17 Å². The molecule has 3 nitrogen and oxygen atoms in total. The summed E-state index contributed by atoms with van der Waals surface area (Å²) in [5.41, 5.74) is 2.57. The third-order valence-corrected chi connectivity index (χ3v) is 2.90. The molecule has 16 heavy (non-hydrogen) atoms. The minimum atomic E-state index is 0.337. The van der Waals surface area contributed by atoms with Gasteiger partial charge in [-0.3, -0.25) is 0 Å². The average Bonchev–Trinajstić information content (AvgIpc) is 2.72. The van der Waals surface area contributed by atoms with Crippen molar-refractivity contribution in [3.05, 3.63) is 36.0 Å². The summed E-state index contributed by atoms with van der Waals surface area (Å²) in [4.78, 5) is 3.30. The number of hydrogen-bond donors (Lipinski definition) is 3. The van der Waals surface area contributed by atoms with Gasteiger partial charge in [-0.15, -0.1) is 0 Å². The van der Waals surface area contributed by atoms with Crippen molar-refractivity contribution in [1.29, 1.82) is 0 Å². The molecule has 3 heteroatoms. The third-order valence-electron chi connectivity index (χ3n) is 2.90. The van der Waals surface area contributed by atoms with Crippen molar-refractivity contribution >= 4 is 10.9 Å². The molecule has 1 unspecified atom stereocenters. The van der Waals surface area contributed by atoms with E-state index >= 15 is 0 Å². The molecule has 0 amide bonds. The zero-order valence-corrected chi connectivity index (χ0v) is 9.88. The zero-order chi connectivity index (χ0) is 11.4. The van der Waals surface area contributed by atoms with Crippen molar-refractivity contribution < 1.29 is 0 Å². The second kappa shape index (κ2) is 5.14. The zero-order valence-electron chi connectivity index (χ0n) is 9.88. The van der Waals surface area contributed by atoms with Crippen molar-refractivity contribution in [1.82, 2.24) is 15.6 Å². The van der Waals surface area contributed by atoms with Crippen LogP contribution in [-0.2, 0) is 6.42 Å². The number of aromatic nitrogens is 1. The Morgan fingerprint density at radius 2 is 2.12 bits per heavy atom. The van der Waals surface area contributed by atoms with Crippen molar-refractivity contribution in [3.8, 4) is 0 Å². The molecule has 1 heterocycles. The lowest BCUT2D eigenvalue weighted by Gasteiger charge is -2.16. The first kappa shape index (κ1) is 11.2. The van der Waals surface area contributed by atoms with Crippen LogP contribution >= 0.6 is 0 Å². The highest BCUT2D eigenvalue weighted by molar-refractivity contribution is 5.83. The Labute approximate surface area is 96.2 Å². The summed E-state index contributed by atoms with van der Waals surface area (Å²) in [6, 6.07) is 8.42. The molecule has 0 saturated carbocycles. The summed E-state index contributed by atoms with van der Waals surface area (Å²) < 4.78 is 0. The highest BCUT2D eigenvalue weighted by atomic mass is 15.1. The maximum atomic E-state index is 3.41. The Hall–Kier alpha value is -1.32. The van der Waals surface area contributed by atoms with Gasteiger partial charge in [0, 0.05) is 23.5 Å². The molecule has 1 aromatic carbocycles. The summed E-state index contributed by atoms with van der Waals surface area (Å²) in [5, 5.41) is 8.01. The maximum Gasteiger partial charge on any atom is 0.0611 e. The van der Waals surface area contributed by atoms with Gasteiger partial charge in [0.1, 0.15) is 0 Å². The number of likely N-dealkylation sites (N-methyl/N-ethyl adjacent to an activating group) is 2. The van der Waals surface area contributed by atoms with Crippen LogP contribution in [0.25, 0.3) is 10.9 Å². The lowest BCUT2D eigenvalue weighted by molar-refractivity contribution is 0.466.